The molecule has 0 unspecified atom stereocenters. The predicted molar refractivity (Wildman–Crippen MR) is 117 cm³/mol. The van der Waals surface area contributed by atoms with Crippen molar-refractivity contribution < 1.29 is 14.6 Å². The third-order valence-electron chi connectivity index (χ3n) is 6.59. The lowest BCUT2D eigenvalue weighted by Crippen LogP contribution is -3.14. The van der Waals surface area contributed by atoms with E-state index in [4.69, 9.17) is 0 Å². The Bertz CT molecular complexity index is 760. The molecule has 154 valence electrons. The number of nitrogens with one attached hydrogen (secondary N) is 3. The summed E-state index contributed by atoms with van der Waals surface area (Å²) in [5.74, 6) is 0.897. The SMILES string of the molecule is O=C(C[NH+]1CCC(Cc2ccccc2)CC1)Nc1ccc(C[NH+]2CCCC2)cc1. The van der Waals surface area contributed by atoms with Crippen molar-refractivity contribution in [3.63, 3.8) is 0 Å². The van der Waals surface area contributed by atoms with Crippen LogP contribution in [0, 0.1) is 5.92 Å². The summed E-state index contributed by atoms with van der Waals surface area (Å²) in [6, 6.07) is 19.2. The van der Waals surface area contributed by atoms with E-state index in [2.05, 4.69) is 59.9 Å². The standard InChI is InChI=1S/C25H33N3O/c29-25(26-24-10-8-23(9-11-24)19-27-14-4-5-15-27)20-28-16-12-22(13-17-28)18-21-6-2-1-3-7-21/h1-3,6-11,22H,4-5,12-20H2,(H,26,29)/p+2. The molecule has 2 fully saturated rings. The van der Waals surface area contributed by atoms with Crippen LogP contribution < -0.4 is 15.1 Å². The first-order valence-electron chi connectivity index (χ1n) is 11.3. The first-order chi connectivity index (χ1) is 14.2. The highest BCUT2D eigenvalue weighted by molar-refractivity contribution is 5.91. The van der Waals surface area contributed by atoms with Gasteiger partial charge in [-0.25, -0.2) is 0 Å². The van der Waals surface area contributed by atoms with E-state index in [-0.39, 0.29) is 5.91 Å². The first kappa shape index (κ1) is 20.1. The van der Waals surface area contributed by atoms with Gasteiger partial charge in [-0.05, 0) is 42.9 Å². The van der Waals surface area contributed by atoms with Gasteiger partial charge in [0.15, 0.2) is 6.54 Å². The van der Waals surface area contributed by atoms with Crippen molar-refractivity contribution in [1.82, 2.24) is 0 Å². The molecule has 0 aromatic heterocycles. The fourth-order valence-corrected chi connectivity index (χ4v) is 4.89. The van der Waals surface area contributed by atoms with E-state index in [1.54, 1.807) is 4.90 Å². The molecule has 0 atom stereocenters. The molecular weight excluding hydrogens is 358 g/mol. The number of quaternary nitrogens is 2. The quantitative estimate of drug-likeness (QED) is 0.653. The van der Waals surface area contributed by atoms with Crippen molar-refractivity contribution in [2.75, 3.05) is 38.0 Å². The molecule has 2 aromatic carbocycles. The molecule has 1 amide bonds. The topological polar surface area (TPSA) is 38.0 Å². The maximum absolute atomic E-state index is 12.5. The Morgan fingerprint density at radius 3 is 2.21 bits per heavy atom. The van der Waals surface area contributed by atoms with E-state index in [9.17, 15) is 4.79 Å². The second-order valence-corrected chi connectivity index (χ2v) is 8.94. The minimum atomic E-state index is 0.138. The number of benzene rings is 2. The molecule has 2 saturated heterocycles. The molecule has 4 heteroatoms. The van der Waals surface area contributed by atoms with Crippen molar-refractivity contribution in [1.29, 1.82) is 0 Å². The third kappa shape index (κ3) is 6.15. The van der Waals surface area contributed by atoms with Crippen molar-refractivity contribution in [2.24, 2.45) is 5.92 Å². The van der Waals surface area contributed by atoms with Crippen molar-refractivity contribution in [3.8, 4) is 0 Å². The van der Waals surface area contributed by atoms with Gasteiger partial charge in [-0.15, -0.1) is 0 Å². The summed E-state index contributed by atoms with van der Waals surface area (Å²) in [6.07, 6.45) is 6.31. The van der Waals surface area contributed by atoms with Crippen LogP contribution in [0.15, 0.2) is 54.6 Å². The van der Waals surface area contributed by atoms with E-state index < -0.39 is 0 Å². The Morgan fingerprint density at radius 1 is 0.828 bits per heavy atom. The van der Waals surface area contributed by atoms with Crippen LogP contribution in [0.3, 0.4) is 0 Å². The predicted octanol–water partition coefficient (Wildman–Crippen LogP) is 1.34. The molecule has 2 aromatic rings. The fraction of sp³-hybridized carbons (Fsp3) is 0.480. The van der Waals surface area contributed by atoms with Gasteiger partial charge in [0, 0.05) is 24.1 Å². The van der Waals surface area contributed by atoms with Crippen LogP contribution in [0.25, 0.3) is 0 Å². The largest absolute Gasteiger partial charge is 0.331 e. The highest BCUT2D eigenvalue weighted by Gasteiger charge is 2.24. The molecule has 0 saturated carbocycles. The van der Waals surface area contributed by atoms with Crippen molar-refractivity contribution in [2.45, 2.75) is 38.6 Å². The summed E-state index contributed by atoms with van der Waals surface area (Å²) in [6.45, 7) is 6.48. The second-order valence-electron chi connectivity index (χ2n) is 8.94. The Kier molecular flexibility index (Phi) is 6.96. The maximum atomic E-state index is 12.5. The Hall–Kier alpha value is -2.17. The Balaban J connectivity index is 1.18. The highest BCUT2D eigenvalue weighted by Crippen LogP contribution is 2.16. The molecule has 0 aliphatic carbocycles. The third-order valence-corrected chi connectivity index (χ3v) is 6.59. The van der Waals surface area contributed by atoms with Crippen LogP contribution in [0.2, 0.25) is 0 Å². The fourth-order valence-electron chi connectivity index (χ4n) is 4.89. The van der Waals surface area contributed by atoms with Gasteiger partial charge in [0.25, 0.3) is 5.91 Å². The number of rotatable bonds is 7. The summed E-state index contributed by atoms with van der Waals surface area (Å²) in [7, 11) is 0. The van der Waals surface area contributed by atoms with E-state index in [0.29, 0.717) is 6.54 Å². The molecule has 3 N–H and O–H groups in total. The van der Waals surface area contributed by atoms with Crippen molar-refractivity contribution >= 4 is 11.6 Å². The van der Waals surface area contributed by atoms with E-state index in [0.717, 1.165) is 31.2 Å². The average molecular weight is 394 g/mol. The number of carbonyl (C=O) groups is 1. The minimum absolute atomic E-state index is 0.138. The van der Waals surface area contributed by atoms with Crippen LogP contribution >= 0.6 is 0 Å². The summed E-state index contributed by atoms with van der Waals surface area (Å²) in [5.41, 5.74) is 3.73. The van der Waals surface area contributed by atoms with Crippen LogP contribution in [-0.2, 0) is 17.8 Å². The van der Waals surface area contributed by atoms with Gasteiger partial charge in [-0.1, -0.05) is 42.5 Å². The van der Waals surface area contributed by atoms with Crippen LogP contribution in [0.1, 0.15) is 36.8 Å². The molecule has 4 rings (SSSR count). The van der Waals surface area contributed by atoms with Gasteiger partial charge >= 0.3 is 0 Å². The van der Waals surface area contributed by atoms with Gasteiger partial charge in [0.05, 0.1) is 26.2 Å². The van der Waals surface area contributed by atoms with Gasteiger partial charge in [0.1, 0.15) is 6.54 Å². The minimum Gasteiger partial charge on any atom is -0.331 e. The number of hydrogen-bond donors (Lipinski definition) is 3. The number of likely N-dealkylation sites (tertiary alicyclic amines) is 2. The molecule has 0 bridgehead atoms. The number of hydrogen-bond acceptors (Lipinski definition) is 1. The Morgan fingerprint density at radius 2 is 1.52 bits per heavy atom. The molecule has 2 aliphatic heterocycles. The smallest absolute Gasteiger partial charge is 0.279 e. The molecule has 2 aliphatic rings. The Labute approximate surface area is 174 Å². The van der Waals surface area contributed by atoms with Crippen LogP contribution in [0.4, 0.5) is 5.69 Å². The van der Waals surface area contributed by atoms with Crippen molar-refractivity contribution in [3.05, 3.63) is 65.7 Å². The molecule has 29 heavy (non-hydrogen) atoms. The van der Waals surface area contributed by atoms with Crippen LogP contribution in [0.5, 0.6) is 0 Å². The number of amides is 1. The van der Waals surface area contributed by atoms with E-state index in [1.165, 1.54) is 61.2 Å². The summed E-state index contributed by atoms with van der Waals surface area (Å²) < 4.78 is 0. The molecule has 0 spiro atoms. The molecular formula is C25H35N3O+2. The highest BCUT2D eigenvalue weighted by atomic mass is 16.2. The van der Waals surface area contributed by atoms with Gasteiger partial charge in [-0.2, -0.15) is 0 Å². The lowest BCUT2D eigenvalue weighted by atomic mass is 9.90. The average Bonchev–Trinajstić information content (AvgIpc) is 3.25. The zero-order valence-electron chi connectivity index (χ0n) is 17.5. The maximum Gasteiger partial charge on any atom is 0.279 e. The zero-order chi connectivity index (χ0) is 19.9. The molecule has 4 nitrogen and oxygen atoms in total. The lowest BCUT2D eigenvalue weighted by Gasteiger charge is -2.29. The first-order valence-corrected chi connectivity index (χ1v) is 11.3. The summed E-state index contributed by atoms with van der Waals surface area (Å²) in [5, 5.41) is 3.09. The number of carbonyl (C=O) groups excluding carboxylic acids is 1. The van der Waals surface area contributed by atoms with Gasteiger partial charge < -0.3 is 15.1 Å². The van der Waals surface area contributed by atoms with Gasteiger partial charge in [-0.3, -0.25) is 4.79 Å². The molecule has 0 radical (unpaired) electrons. The number of piperidine rings is 1. The second kappa shape index (κ2) is 10.0. The monoisotopic (exact) mass is 393 g/mol. The zero-order valence-corrected chi connectivity index (χ0v) is 17.5. The normalized spacial score (nSPS) is 22.5. The van der Waals surface area contributed by atoms with E-state index in [1.807, 2.05) is 0 Å². The molecule has 2 heterocycles. The summed E-state index contributed by atoms with van der Waals surface area (Å²) in [4.78, 5) is 15.6. The van der Waals surface area contributed by atoms with Crippen LogP contribution in [-0.4, -0.2) is 38.6 Å². The summed E-state index contributed by atoms with van der Waals surface area (Å²) >= 11 is 0. The van der Waals surface area contributed by atoms with Gasteiger partial charge in [0.2, 0.25) is 0 Å². The lowest BCUT2D eigenvalue weighted by molar-refractivity contribution is -0.901. The van der Waals surface area contributed by atoms with E-state index >= 15 is 0 Å². The number of anilines is 1.